The van der Waals surface area contributed by atoms with E-state index < -0.39 is 0 Å². The molecule has 3 nitrogen and oxygen atoms in total. The van der Waals surface area contributed by atoms with Gasteiger partial charge < -0.3 is 10.0 Å². The summed E-state index contributed by atoms with van der Waals surface area (Å²) >= 11 is 8.61. The molecule has 0 spiro atoms. The molecule has 1 aliphatic heterocycles. The van der Waals surface area contributed by atoms with Crippen LogP contribution in [0.5, 0.6) is 0 Å². The maximum atomic E-state index is 9.34. The van der Waals surface area contributed by atoms with Crippen LogP contribution in [0.25, 0.3) is 0 Å². The Morgan fingerprint density at radius 1 is 1.00 bits per heavy atom. The second kappa shape index (κ2) is 7.83. The molecule has 2 aromatic carbocycles. The van der Waals surface area contributed by atoms with Crippen molar-refractivity contribution in [2.24, 2.45) is 0 Å². The maximum Gasteiger partial charge on any atom is 0.0682 e. The van der Waals surface area contributed by atoms with Crippen LogP contribution >= 0.6 is 34.2 Å². The minimum absolute atomic E-state index is 0.101. The number of rotatable bonds is 4. The van der Waals surface area contributed by atoms with Gasteiger partial charge in [-0.2, -0.15) is 0 Å². The molecule has 122 valence electrons. The number of aliphatic hydroxyl groups is 1. The summed E-state index contributed by atoms with van der Waals surface area (Å²) in [7, 11) is 0. The van der Waals surface area contributed by atoms with Gasteiger partial charge in [-0.15, -0.1) is 0 Å². The SMILES string of the molecule is OCc1cc(I)cc(CN2CCN(c3ccccc3Cl)CC2)c1. The Morgan fingerprint density at radius 2 is 1.70 bits per heavy atom. The highest BCUT2D eigenvalue weighted by molar-refractivity contribution is 14.1. The number of hydrogen-bond donors (Lipinski definition) is 1. The third kappa shape index (κ3) is 4.38. The van der Waals surface area contributed by atoms with E-state index in [0.29, 0.717) is 0 Å². The number of benzene rings is 2. The van der Waals surface area contributed by atoms with Gasteiger partial charge in [0.25, 0.3) is 0 Å². The first-order valence-electron chi connectivity index (χ1n) is 7.77. The Morgan fingerprint density at radius 3 is 2.39 bits per heavy atom. The molecule has 5 heteroatoms. The molecule has 1 heterocycles. The molecular formula is C18H20ClIN2O. The third-order valence-corrected chi connectivity index (χ3v) is 5.11. The average Bonchev–Trinajstić information content (AvgIpc) is 2.55. The van der Waals surface area contributed by atoms with Gasteiger partial charge in [0.15, 0.2) is 0 Å². The van der Waals surface area contributed by atoms with E-state index in [1.165, 1.54) is 9.13 Å². The lowest BCUT2D eigenvalue weighted by Crippen LogP contribution is -2.46. The van der Waals surface area contributed by atoms with Crippen molar-refractivity contribution in [1.82, 2.24) is 4.90 Å². The van der Waals surface area contributed by atoms with Gasteiger partial charge in [-0.3, -0.25) is 4.90 Å². The molecule has 1 saturated heterocycles. The van der Waals surface area contributed by atoms with Crippen molar-refractivity contribution >= 4 is 39.9 Å². The molecule has 0 saturated carbocycles. The van der Waals surface area contributed by atoms with Crippen LogP contribution < -0.4 is 4.90 Å². The summed E-state index contributed by atoms with van der Waals surface area (Å²) in [4.78, 5) is 4.81. The third-order valence-electron chi connectivity index (χ3n) is 4.17. The molecule has 0 bridgehead atoms. The fourth-order valence-corrected chi connectivity index (χ4v) is 4.07. The molecule has 0 atom stereocenters. The Balaban J connectivity index is 1.61. The Kier molecular flexibility index (Phi) is 5.80. The second-order valence-electron chi connectivity index (χ2n) is 5.84. The highest BCUT2D eigenvalue weighted by Crippen LogP contribution is 2.26. The molecule has 1 fully saturated rings. The highest BCUT2D eigenvalue weighted by Gasteiger charge is 2.19. The van der Waals surface area contributed by atoms with Gasteiger partial charge in [-0.05, 0) is 58.0 Å². The second-order valence-corrected chi connectivity index (χ2v) is 7.49. The summed E-state index contributed by atoms with van der Waals surface area (Å²) in [5.41, 5.74) is 3.39. The zero-order valence-corrected chi connectivity index (χ0v) is 15.8. The molecule has 0 aromatic heterocycles. The van der Waals surface area contributed by atoms with Crippen molar-refractivity contribution in [2.75, 3.05) is 31.1 Å². The van der Waals surface area contributed by atoms with E-state index in [-0.39, 0.29) is 6.61 Å². The summed E-state index contributed by atoms with van der Waals surface area (Å²) in [6, 6.07) is 14.4. The highest BCUT2D eigenvalue weighted by atomic mass is 127. The molecule has 23 heavy (non-hydrogen) atoms. The van der Waals surface area contributed by atoms with E-state index in [2.05, 4.69) is 50.6 Å². The minimum atomic E-state index is 0.101. The zero-order chi connectivity index (χ0) is 16.2. The molecule has 1 N–H and O–H groups in total. The van der Waals surface area contributed by atoms with E-state index >= 15 is 0 Å². The van der Waals surface area contributed by atoms with Crippen LogP contribution in [0.2, 0.25) is 5.02 Å². The van der Waals surface area contributed by atoms with Crippen LogP contribution in [0.15, 0.2) is 42.5 Å². The van der Waals surface area contributed by atoms with Crippen molar-refractivity contribution in [3.63, 3.8) is 0 Å². The number of anilines is 1. The quantitative estimate of drug-likeness (QED) is 0.731. The van der Waals surface area contributed by atoms with Crippen molar-refractivity contribution in [1.29, 1.82) is 0 Å². The van der Waals surface area contributed by atoms with Crippen LogP contribution in [-0.2, 0) is 13.2 Å². The minimum Gasteiger partial charge on any atom is -0.392 e. The number of para-hydroxylation sites is 1. The van der Waals surface area contributed by atoms with Crippen molar-refractivity contribution in [3.8, 4) is 0 Å². The number of hydrogen-bond acceptors (Lipinski definition) is 3. The molecule has 2 aromatic rings. The van der Waals surface area contributed by atoms with Gasteiger partial charge in [-0.1, -0.05) is 29.8 Å². The van der Waals surface area contributed by atoms with Crippen LogP contribution in [-0.4, -0.2) is 36.2 Å². The number of aliphatic hydroxyl groups excluding tert-OH is 1. The Labute approximate surface area is 156 Å². The van der Waals surface area contributed by atoms with Crippen molar-refractivity contribution in [3.05, 3.63) is 62.2 Å². The lowest BCUT2D eigenvalue weighted by Gasteiger charge is -2.36. The Bertz CT molecular complexity index is 672. The van der Waals surface area contributed by atoms with Gasteiger partial charge in [0.05, 0.1) is 17.3 Å². The largest absolute Gasteiger partial charge is 0.392 e. The fourth-order valence-electron chi connectivity index (χ4n) is 3.01. The van der Waals surface area contributed by atoms with Gasteiger partial charge in [0.1, 0.15) is 0 Å². The van der Waals surface area contributed by atoms with E-state index in [1.807, 2.05) is 24.3 Å². The molecule has 1 aliphatic rings. The smallest absolute Gasteiger partial charge is 0.0682 e. The Hall–Kier alpha value is -0.820. The normalized spacial score (nSPS) is 15.9. The van der Waals surface area contributed by atoms with Crippen molar-refractivity contribution < 1.29 is 5.11 Å². The predicted octanol–water partition coefficient (Wildman–Crippen LogP) is 3.76. The summed E-state index contributed by atoms with van der Waals surface area (Å²) < 4.78 is 1.18. The summed E-state index contributed by atoms with van der Waals surface area (Å²) in [6.07, 6.45) is 0. The number of piperazine rings is 1. The predicted molar refractivity (Wildman–Crippen MR) is 104 cm³/mol. The van der Waals surface area contributed by atoms with Crippen LogP contribution in [0, 0.1) is 3.57 Å². The standard InChI is InChI=1S/C18H20ClIN2O/c19-17-3-1-2-4-18(17)22-7-5-21(6-8-22)12-14-9-15(13-23)11-16(20)10-14/h1-4,9-11,23H,5-8,12-13H2. The van der Waals surface area contributed by atoms with Crippen molar-refractivity contribution in [2.45, 2.75) is 13.2 Å². The first-order valence-corrected chi connectivity index (χ1v) is 9.22. The van der Waals surface area contributed by atoms with E-state index in [0.717, 1.165) is 49.0 Å². The van der Waals surface area contributed by atoms with Gasteiger partial charge in [-0.25, -0.2) is 0 Å². The van der Waals surface area contributed by atoms with Crippen LogP contribution in [0.1, 0.15) is 11.1 Å². The van der Waals surface area contributed by atoms with E-state index in [4.69, 9.17) is 11.6 Å². The fraction of sp³-hybridized carbons (Fsp3) is 0.333. The molecule has 0 aliphatic carbocycles. The summed E-state index contributed by atoms with van der Waals surface area (Å²) in [5, 5.41) is 10.2. The average molecular weight is 443 g/mol. The molecular weight excluding hydrogens is 423 g/mol. The van der Waals surface area contributed by atoms with E-state index in [9.17, 15) is 5.11 Å². The lowest BCUT2D eigenvalue weighted by atomic mass is 10.1. The lowest BCUT2D eigenvalue weighted by molar-refractivity contribution is 0.249. The maximum absolute atomic E-state index is 9.34. The summed E-state index contributed by atoms with van der Waals surface area (Å²) in [6.45, 7) is 5.04. The topological polar surface area (TPSA) is 26.7 Å². The van der Waals surface area contributed by atoms with Gasteiger partial charge in [0, 0.05) is 36.3 Å². The van der Waals surface area contributed by atoms with Crippen LogP contribution in [0.4, 0.5) is 5.69 Å². The van der Waals surface area contributed by atoms with E-state index in [1.54, 1.807) is 0 Å². The molecule has 0 radical (unpaired) electrons. The zero-order valence-electron chi connectivity index (χ0n) is 12.9. The molecule has 0 amide bonds. The first-order chi connectivity index (χ1) is 11.2. The number of nitrogens with zero attached hydrogens (tertiary/aromatic N) is 2. The molecule has 0 unspecified atom stereocenters. The summed E-state index contributed by atoms with van der Waals surface area (Å²) in [5.74, 6) is 0. The monoisotopic (exact) mass is 442 g/mol. The molecule has 3 rings (SSSR count). The van der Waals surface area contributed by atoms with Gasteiger partial charge >= 0.3 is 0 Å². The van der Waals surface area contributed by atoms with Crippen LogP contribution in [0.3, 0.4) is 0 Å². The first kappa shape index (κ1) is 17.0. The van der Waals surface area contributed by atoms with Gasteiger partial charge in [0.2, 0.25) is 0 Å². The number of halogens is 2.